The molecule has 1 fully saturated rings. The first-order chi connectivity index (χ1) is 15.9. The number of anilines is 1. The van der Waals surface area contributed by atoms with Crippen LogP contribution in [0.1, 0.15) is 24.1 Å². The molecule has 0 spiro atoms. The summed E-state index contributed by atoms with van der Waals surface area (Å²) in [5.74, 6) is -0.409. The molecule has 1 N–H and O–H groups in total. The highest BCUT2D eigenvalue weighted by atomic mass is 79.9. The van der Waals surface area contributed by atoms with Crippen LogP contribution in [0.15, 0.2) is 82.8 Å². The summed E-state index contributed by atoms with van der Waals surface area (Å²) in [5.41, 5.74) is 1.67. The minimum atomic E-state index is -0.793. The quantitative estimate of drug-likeness (QED) is 0.271. The summed E-state index contributed by atoms with van der Waals surface area (Å²) in [6.07, 6.45) is 0. The van der Waals surface area contributed by atoms with E-state index in [1.54, 1.807) is 55.6 Å². The van der Waals surface area contributed by atoms with E-state index in [1.807, 2.05) is 31.2 Å². The molecule has 0 aromatic heterocycles. The minimum Gasteiger partial charge on any atom is -0.507 e. The molecule has 0 bridgehead atoms. The Bertz CT molecular complexity index is 1200. The number of ketones is 1. The molecule has 0 radical (unpaired) electrons. The SMILES string of the molecule is CCOc1ccc(C(O)=C2C(=O)C(=O)N(c3ccc(OC)cc3)[C@@H]2c2ccc(Br)cc2)cc1. The van der Waals surface area contributed by atoms with Crippen LogP contribution in [-0.4, -0.2) is 30.5 Å². The number of aliphatic hydroxyl groups excluding tert-OH is 1. The maximum atomic E-state index is 13.2. The number of aliphatic hydroxyl groups is 1. The van der Waals surface area contributed by atoms with Gasteiger partial charge in [-0.1, -0.05) is 28.1 Å². The topological polar surface area (TPSA) is 76.1 Å². The van der Waals surface area contributed by atoms with Gasteiger partial charge in [-0.15, -0.1) is 0 Å². The molecule has 0 aliphatic carbocycles. The van der Waals surface area contributed by atoms with Crippen molar-refractivity contribution in [1.82, 2.24) is 0 Å². The molecular formula is C26H22BrNO5. The maximum Gasteiger partial charge on any atom is 0.300 e. The van der Waals surface area contributed by atoms with Crippen LogP contribution >= 0.6 is 15.9 Å². The number of nitrogens with zero attached hydrogens (tertiary/aromatic N) is 1. The van der Waals surface area contributed by atoms with Crippen molar-refractivity contribution in [2.24, 2.45) is 0 Å². The number of rotatable bonds is 6. The van der Waals surface area contributed by atoms with Crippen molar-refractivity contribution in [3.63, 3.8) is 0 Å². The maximum absolute atomic E-state index is 13.2. The lowest BCUT2D eigenvalue weighted by Gasteiger charge is -2.25. The normalized spacial score (nSPS) is 17.3. The van der Waals surface area contributed by atoms with Crippen LogP contribution < -0.4 is 14.4 Å². The van der Waals surface area contributed by atoms with Crippen LogP contribution in [-0.2, 0) is 9.59 Å². The predicted octanol–water partition coefficient (Wildman–Crippen LogP) is 5.48. The summed E-state index contributed by atoms with van der Waals surface area (Å²) >= 11 is 3.42. The zero-order chi connectivity index (χ0) is 23.5. The van der Waals surface area contributed by atoms with E-state index in [1.165, 1.54) is 4.90 Å². The van der Waals surface area contributed by atoms with Gasteiger partial charge >= 0.3 is 0 Å². The molecule has 4 rings (SSSR count). The standard InChI is InChI=1S/C26H22BrNO5/c1-3-33-21-12-6-17(7-13-21)24(29)22-23(16-4-8-18(27)9-5-16)28(26(31)25(22)30)19-10-14-20(32-2)15-11-19/h4-15,23,29H,3H2,1-2H3/t23-/m1/s1. The highest BCUT2D eigenvalue weighted by molar-refractivity contribution is 9.10. The van der Waals surface area contributed by atoms with Gasteiger partial charge in [-0.3, -0.25) is 14.5 Å². The molecule has 1 heterocycles. The monoisotopic (exact) mass is 507 g/mol. The fraction of sp³-hybridized carbons (Fsp3) is 0.154. The number of benzene rings is 3. The number of ether oxygens (including phenoxy) is 2. The van der Waals surface area contributed by atoms with E-state index in [9.17, 15) is 14.7 Å². The third-order valence-electron chi connectivity index (χ3n) is 5.42. The van der Waals surface area contributed by atoms with Gasteiger partial charge < -0.3 is 14.6 Å². The summed E-state index contributed by atoms with van der Waals surface area (Å²) < 4.78 is 11.5. The Morgan fingerprint density at radius 3 is 2.12 bits per heavy atom. The molecule has 33 heavy (non-hydrogen) atoms. The van der Waals surface area contributed by atoms with E-state index in [-0.39, 0.29) is 11.3 Å². The number of carbonyl (C=O) groups is 2. The molecule has 3 aromatic rings. The molecule has 1 saturated heterocycles. The van der Waals surface area contributed by atoms with Crippen molar-refractivity contribution in [2.45, 2.75) is 13.0 Å². The van der Waals surface area contributed by atoms with Gasteiger partial charge in [-0.25, -0.2) is 0 Å². The molecule has 168 valence electrons. The van der Waals surface area contributed by atoms with Crippen LogP contribution in [0, 0.1) is 0 Å². The largest absolute Gasteiger partial charge is 0.507 e. The average molecular weight is 508 g/mol. The summed E-state index contributed by atoms with van der Waals surface area (Å²) in [4.78, 5) is 27.8. The summed E-state index contributed by atoms with van der Waals surface area (Å²) in [5, 5.41) is 11.2. The van der Waals surface area contributed by atoms with E-state index >= 15 is 0 Å². The average Bonchev–Trinajstić information content (AvgIpc) is 3.10. The van der Waals surface area contributed by atoms with Crippen molar-refractivity contribution < 1.29 is 24.2 Å². The molecule has 6 nitrogen and oxygen atoms in total. The van der Waals surface area contributed by atoms with Gasteiger partial charge in [0.2, 0.25) is 0 Å². The molecular weight excluding hydrogens is 486 g/mol. The van der Waals surface area contributed by atoms with Crippen molar-refractivity contribution >= 4 is 39.1 Å². The van der Waals surface area contributed by atoms with Gasteiger partial charge in [0.1, 0.15) is 17.3 Å². The molecule has 1 amide bonds. The first kappa shape index (κ1) is 22.6. The predicted molar refractivity (Wildman–Crippen MR) is 130 cm³/mol. The summed E-state index contributed by atoms with van der Waals surface area (Å²) in [6.45, 7) is 2.40. The molecule has 0 saturated carbocycles. The van der Waals surface area contributed by atoms with E-state index in [0.717, 1.165) is 4.47 Å². The second kappa shape index (κ2) is 9.50. The lowest BCUT2D eigenvalue weighted by Crippen LogP contribution is -2.29. The van der Waals surface area contributed by atoms with E-state index in [2.05, 4.69) is 15.9 Å². The number of carbonyl (C=O) groups excluding carboxylic acids is 2. The Morgan fingerprint density at radius 2 is 1.55 bits per heavy atom. The van der Waals surface area contributed by atoms with Crippen LogP contribution in [0.4, 0.5) is 5.69 Å². The number of hydrogen-bond acceptors (Lipinski definition) is 5. The summed E-state index contributed by atoms with van der Waals surface area (Å²) in [6, 6.07) is 20.2. The molecule has 3 aromatic carbocycles. The van der Waals surface area contributed by atoms with Gasteiger partial charge in [0.25, 0.3) is 11.7 Å². The van der Waals surface area contributed by atoms with E-state index < -0.39 is 17.7 Å². The zero-order valence-electron chi connectivity index (χ0n) is 18.1. The van der Waals surface area contributed by atoms with Crippen molar-refractivity contribution in [3.05, 3.63) is 94.0 Å². The van der Waals surface area contributed by atoms with E-state index in [0.29, 0.717) is 34.9 Å². The molecule has 1 atom stereocenters. The second-order valence-corrected chi connectivity index (χ2v) is 8.29. The van der Waals surface area contributed by atoms with Gasteiger partial charge in [0.05, 0.1) is 25.3 Å². The number of methoxy groups -OCH3 is 1. The zero-order valence-corrected chi connectivity index (χ0v) is 19.7. The van der Waals surface area contributed by atoms with Crippen LogP contribution in [0.25, 0.3) is 5.76 Å². The first-order valence-corrected chi connectivity index (χ1v) is 11.2. The highest BCUT2D eigenvalue weighted by Crippen LogP contribution is 2.42. The molecule has 7 heteroatoms. The summed E-state index contributed by atoms with van der Waals surface area (Å²) in [7, 11) is 1.56. The molecule has 0 unspecified atom stereocenters. The fourth-order valence-electron chi connectivity index (χ4n) is 3.83. The third kappa shape index (κ3) is 4.36. The first-order valence-electron chi connectivity index (χ1n) is 10.4. The van der Waals surface area contributed by atoms with Crippen LogP contribution in [0.5, 0.6) is 11.5 Å². The Balaban J connectivity index is 1.86. The van der Waals surface area contributed by atoms with Gasteiger partial charge in [-0.2, -0.15) is 0 Å². The Hall–Kier alpha value is -3.58. The van der Waals surface area contributed by atoms with Crippen molar-refractivity contribution in [3.8, 4) is 11.5 Å². The lowest BCUT2D eigenvalue weighted by molar-refractivity contribution is -0.132. The van der Waals surface area contributed by atoms with Crippen LogP contribution in [0.3, 0.4) is 0 Å². The smallest absolute Gasteiger partial charge is 0.300 e. The van der Waals surface area contributed by atoms with Gasteiger partial charge in [0.15, 0.2) is 0 Å². The number of halogens is 1. The van der Waals surface area contributed by atoms with Crippen LogP contribution in [0.2, 0.25) is 0 Å². The third-order valence-corrected chi connectivity index (χ3v) is 5.95. The Morgan fingerprint density at radius 1 is 0.939 bits per heavy atom. The number of Topliss-reactive ketones (excluding diaryl/α,β-unsaturated/α-hetero) is 1. The number of hydrogen-bond donors (Lipinski definition) is 1. The van der Waals surface area contributed by atoms with Gasteiger partial charge in [0, 0.05) is 15.7 Å². The fourth-order valence-corrected chi connectivity index (χ4v) is 4.10. The second-order valence-electron chi connectivity index (χ2n) is 7.38. The highest BCUT2D eigenvalue weighted by Gasteiger charge is 2.46. The Labute approximate surface area is 200 Å². The van der Waals surface area contributed by atoms with Crippen molar-refractivity contribution in [1.29, 1.82) is 0 Å². The van der Waals surface area contributed by atoms with E-state index in [4.69, 9.17) is 9.47 Å². The lowest BCUT2D eigenvalue weighted by atomic mass is 9.95. The van der Waals surface area contributed by atoms with Gasteiger partial charge in [-0.05, 0) is 73.2 Å². The van der Waals surface area contributed by atoms with Crippen molar-refractivity contribution in [2.75, 3.05) is 18.6 Å². The minimum absolute atomic E-state index is 0.0299. The number of amides is 1. The Kier molecular flexibility index (Phi) is 6.51. The molecule has 1 aliphatic rings. The molecule has 1 aliphatic heterocycles.